The molecule has 0 saturated heterocycles. The van der Waals surface area contributed by atoms with E-state index in [2.05, 4.69) is 21.5 Å². The Labute approximate surface area is 163 Å². The zero-order chi connectivity index (χ0) is 19.8. The number of hydrogen-bond acceptors (Lipinski definition) is 6. The molecule has 3 aromatic rings. The lowest BCUT2D eigenvalue weighted by Crippen LogP contribution is -2.11. The molecule has 0 radical (unpaired) electrons. The number of benzene rings is 2. The molecule has 1 aromatic heterocycles. The van der Waals surface area contributed by atoms with Crippen LogP contribution in [0.2, 0.25) is 0 Å². The first-order valence-electron chi connectivity index (χ1n) is 8.90. The van der Waals surface area contributed by atoms with Gasteiger partial charge in [-0.25, -0.2) is 0 Å². The summed E-state index contributed by atoms with van der Waals surface area (Å²) in [6.45, 7) is 0. The van der Waals surface area contributed by atoms with E-state index >= 15 is 0 Å². The van der Waals surface area contributed by atoms with Gasteiger partial charge in [0.05, 0.1) is 19.6 Å². The lowest BCUT2D eigenvalue weighted by Gasteiger charge is -2.05. The van der Waals surface area contributed by atoms with Gasteiger partial charge >= 0.3 is 0 Å². The summed E-state index contributed by atoms with van der Waals surface area (Å²) in [5.74, 6) is 1.69. The summed E-state index contributed by atoms with van der Waals surface area (Å²) in [5, 5.41) is 15.5. The second-order valence-corrected chi connectivity index (χ2v) is 6.17. The number of carbonyl (C=O) groups excluding carboxylic acids is 1. The Hall–Kier alpha value is -3.66. The van der Waals surface area contributed by atoms with E-state index in [1.165, 1.54) is 0 Å². The molecule has 7 nitrogen and oxygen atoms in total. The minimum absolute atomic E-state index is 0.0806. The third-order valence-electron chi connectivity index (χ3n) is 4.13. The van der Waals surface area contributed by atoms with Crippen molar-refractivity contribution in [3.05, 3.63) is 60.0 Å². The third kappa shape index (κ3) is 5.17. The van der Waals surface area contributed by atoms with Crippen molar-refractivity contribution < 1.29 is 14.1 Å². The molecule has 0 fully saturated rings. The van der Waals surface area contributed by atoms with Crippen LogP contribution in [-0.4, -0.2) is 23.2 Å². The number of amides is 1. The molecule has 1 N–H and O–H groups in total. The van der Waals surface area contributed by atoms with Crippen molar-refractivity contribution >= 4 is 11.6 Å². The highest BCUT2D eigenvalue weighted by atomic mass is 16.5. The van der Waals surface area contributed by atoms with Gasteiger partial charge in [-0.3, -0.25) is 4.79 Å². The third-order valence-corrected chi connectivity index (χ3v) is 4.13. The largest absolute Gasteiger partial charge is 0.497 e. The normalized spacial score (nSPS) is 10.3. The Morgan fingerprint density at radius 1 is 1.18 bits per heavy atom. The molecule has 0 unspecified atom stereocenters. The molecule has 0 spiro atoms. The summed E-state index contributed by atoms with van der Waals surface area (Å²) in [5.41, 5.74) is 2.48. The van der Waals surface area contributed by atoms with E-state index in [0.29, 0.717) is 43.1 Å². The van der Waals surface area contributed by atoms with Crippen molar-refractivity contribution in [2.45, 2.75) is 25.7 Å². The monoisotopic (exact) mass is 376 g/mol. The Balaban J connectivity index is 1.46. The van der Waals surface area contributed by atoms with Crippen LogP contribution >= 0.6 is 0 Å². The van der Waals surface area contributed by atoms with E-state index < -0.39 is 0 Å². The van der Waals surface area contributed by atoms with Crippen molar-refractivity contribution in [2.75, 3.05) is 12.4 Å². The van der Waals surface area contributed by atoms with Gasteiger partial charge in [0.1, 0.15) is 5.75 Å². The quantitative estimate of drug-likeness (QED) is 0.642. The zero-order valence-corrected chi connectivity index (χ0v) is 15.5. The molecule has 142 valence electrons. The van der Waals surface area contributed by atoms with Gasteiger partial charge in [-0.2, -0.15) is 10.2 Å². The summed E-state index contributed by atoms with van der Waals surface area (Å²) >= 11 is 0. The first-order chi connectivity index (χ1) is 13.7. The molecule has 1 heterocycles. The standard InChI is InChI=1S/C21H20N4O3/c1-27-18-11-7-16(8-12-18)21-24-20(28-25-21)4-2-3-19(26)23-17-9-5-15(6-10-17)13-14-22/h5-12H,2-4,13H2,1H3,(H,23,26). The van der Waals surface area contributed by atoms with E-state index in [0.717, 1.165) is 16.9 Å². The fourth-order valence-corrected chi connectivity index (χ4v) is 2.63. The van der Waals surface area contributed by atoms with Gasteiger partial charge in [-0.15, -0.1) is 0 Å². The van der Waals surface area contributed by atoms with Crippen LogP contribution in [0, 0.1) is 11.3 Å². The van der Waals surface area contributed by atoms with E-state index in [9.17, 15) is 4.79 Å². The number of nitrogens with zero attached hydrogens (tertiary/aromatic N) is 3. The molecule has 0 saturated carbocycles. The summed E-state index contributed by atoms with van der Waals surface area (Å²) < 4.78 is 10.4. The number of nitriles is 1. The van der Waals surface area contributed by atoms with E-state index in [1.54, 1.807) is 19.2 Å². The number of anilines is 1. The van der Waals surface area contributed by atoms with Crippen LogP contribution in [0.25, 0.3) is 11.4 Å². The van der Waals surface area contributed by atoms with Gasteiger partial charge in [0.15, 0.2) is 0 Å². The molecule has 7 heteroatoms. The van der Waals surface area contributed by atoms with Crippen LogP contribution in [-0.2, 0) is 17.6 Å². The van der Waals surface area contributed by atoms with Gasteiger partial charge in [0.25, 0.3) is 0 Å². The number of methoxy groups -OCH3 is 1. The Kier molecular flexibility index (Phi) is 6.37. The highest BCUT2D eigenvalue weighted by molar-refractivity contribution is 5.90. The van der Waals surface area contributed by atoms with Crippen LogP contribution in [0.1, 0.15) is 24.3 Å². The van der Waals surface area contributed by atoms with Crippen molar-refractivity contribution in [3.8, 4) is 23.2 Å². The maximum atomic E-state index is 12.1. The second-order valence-electron chi connectivity index (χ2n) is 6.17. The van der Waals surface area contributed by atoms with E-state index in [4.69, 9.17) is 14.5 Å². The lowest BCUT2D eigenvalue weighted by atomic mass is 10.1. The predicted molar refractivity (Wildman–Crippen MR) is 104 cm³/mol. The highest BCUT2D eigenvalue weighted by Gasteiger charge is 2.10. The van der Waals surface area contributed by atoms with E-state index in [1.807, 2.05) is 36.4 Å². The van der Waals surface area contributed by atoms with Crippen LogP contribution in [0.15, 0.2) is 53.1 Å². The molecular formula is C21H20N4O3. The number of aromatic nitrogens is 2. The number of aryl methyl sites for hydroxylation is 1. The van der Waals surface area contributed by atoms with Gasteiger partial charge in [-0.1, -0.05) is 17.3 Å². The molecular weight excluding hydrogens is 356 g/mol. The number of hydrogen-bond donors (Lipinski definition) is 1. The van der Waals surface area contributed by atoms with Crippen molar-refractivity contribution in [3.63, 3.8) is 0 Å². The lowest BCUT2D eigenvalue weighted by molar-refractivity contribution is -0.116. The molecule has 0 aliphatic carbocycles. The topological polar surface area (TPSA) is 101 Å². The van der Waals surface area contributed by atoms with Crippen molar-refractivity contribution in [2.24, 2.45) is 0 Å². The zero-order valence-electron chi connectivity index (χ0n) is 15.5. The van der Waals surface area contributed by atoms with Crippen LogP contribution < -0.4 is 10.1 Å². The molecule has 28 heavy (non-hydrogen) atoms. The average molecular weight is 376 g/mol. The SMILES string of the molecule is COc1ccc(-c2noc(CCCC(=O)Nc3ccc(CC#N)cc3)n2)cc1. The second kappa shape index (κ2) is 9.33. The average Bonchev–Trinajstić information content (AvgIpc) is 3.19. The summed E-state index contributed by atoms with van der Waals surface area (Å²) in [4.78, 5) is 16.4. The molecule has 2 aromatic carbocycles. The molecule has 0 aliphatic rings. The van der Waals surface area contributed by atoms with Gasteiger partial charge < -0.3 is 14.6 Å². The Bertz CT molecular complexity index is 957. The summed E-state index contributed by atoms with van der Waals surface area (Å²) in [7, 11) is 1.61. The van der Waals surface area contributed by atoms with Crippen molar-refractivity contribution in [1.82, 2.24) is 10.1 Å². The Morgan fingerprint density at radius 2 is 1.93 bits per heavy atom. The maximum Gasteiger partial charge on any atom is 0.226 e. The Morgan fingerprint density at radius 3 is 2.61 bits per heavy atom. The minimum Gasteiger partial charge on any atom is -0.497 e. The van der Waals surface area contributed by atoms with Gasteiger partial charge in [0.2, 0.25) is 17.6 Å². The summed E-state index contributed by atoms with van der Waals surface area (Å²) in [6, 6.07) is 16.7. The van der Waals surface area contributed by atoms with Crippen LogP contribution in [0.5, 0.6) is 5.75 Å². The first kappa shape index (κ1) is 19.1. The molecule has 0 bridgehead atoms. The molecule has 0 atom stereocenters. The molecule has 0 aliphatic heterocycles. The first-order valence-corrected chi connectivity index (χ1v) is 8.90. The fraction of sp³-hybridized carbons (Fsp3) is 0.238. The number of nitrogens with one attached hydrogen (secondary N) is 1. The van der Waals surface area contributed by atoms with Crippen LogP contribution in [0.3, 0.4) is 0 Å². The highest BCUT2D eigenvalue weighted by Crippen LogP contribution is 2.20. The van der Waals surface area contributed by atoms with Gasteiger partial charge in [0, 0.05) is 24.1 Å². The fourth-order valence-electron chi connectivity index (χ4n) is 2.63. The molecule has 1 amide bonds. The van der Waals surface area contributed by atoms with Gasteiger partial charge in [-0.05, 0) is 48.4 Å². The predicted octanol–water partition coefficient (Wildman–Crippen LogP) is 3.77. The van der Waals surface area contributed by atoms with E-state index in [-0.39, 0.29) is 5.91 Å². The number of rotatable bonds is 8. The minimum atomic E-state index is -0.0806. The number of ether oxygens (including phenoxy) is 1. The van der Waals surface area contributed by atoms with Crippen molar-refractivity contribution in [1.29, 1.82) is 5.26 Å². The number of carbonyl (C=O) groups is 1. The summed E-state index contributed by atoms with van der Waals surface area (Å²) in [6.07, 6.45) is 1.83. The molecule has 3 rings (SSSR count). The smallest absolute Gasteiger partial charge is 0.226 e. The van der Waals surface area contributed by atoms with Crippen LogP contribution in [0.4, 0.5) is 5.69 Å². The maximum absolute atomic E-state index is 12.1.